The first-order chi connectivity index (χ1) is 17.3. The van der Waals surface area contributed by atoms with Crippen LogP contribution in [0.2, 0.25) is 5.02 Å². The Balaban J connectivity index is 1.34. The number of fused-ring (bicyclic) bond motifs is 1. The van der Waals surface area contributed by atoms with Crippen molar-refractivity contribution in [3.05, 3.63) is 39.5 Å². The Morgan fingerprint density at radius 1 is 1.19 bits per heavy atom. The van der Waals surface area contributed by atoms with E-state index in [1.165, 1.54) is 7.11 Å². The van der Waals surface area contributed by atoms with Gasteiger partial charge in [-0.2, -0.15) is 0 Å². The standard InChI is InChI=1S/C25H35ClN4O6/c1-16(2)30-10-9-29(25(30)32)8-7-28-6-5-17(20(15-28)33-3)14-27-24(31)18-13-19(26)22(34-4)23-21(18)35-11-12-36-23/h9-10,13,16-17,20H,5-8,11-12,14-15H2,1-4H3,(H,27,31)/t17-,20+/m0/s1. The molecule has 1 saturated heterocycles. The minimum atomic E-state index is -0.285. The molecule has 10 nitrogen and oxygen atoms in total. The Bertz CT molecular complexity index is 1130. The van der Waals surface area contributed by atoms with Crippen LogP contribution in [0.3, 0.4) is 0 Å². The second-order valence-electron chi connectivity index (χ2n) is 9.40. The molecule has 2 atom stereocenters. The zero-order valence-corrected chi connectivity index (χ0v) is 22.0. The van der Waals surface area contributed by atoms with Crippen LogP contribution in [0.15, 0.2) is 23.3 Å². The largest absolute Gasteiger partial charge is 0.491 e. The molecule has 0 bridgehead atoms. The molecule has 11 heteroatoms. The van der Waals surface area contributed by atoms with E-state index in [1.807, 2.05) is 26.2 Å². The fourth-order valence-corrected chi connectivity index (χ4v) is 5.08. The number of carbonyl (C=O) groups excluding carboxylic acids is 1. The van der Waals surface area contributed by atoms with Crippen LogP contribution in [0, 0.1) is 5.92 Å². The lowest BCUT2D eigenvalue weighted by molar-refractivity contribution is -0.0112. The van der Waals surface area contributed by atoms with Crippen molar-refractivity contribution >= 4 is 17.5 Å². The summed E-state index contributed by atoms with van der Waals surface area (Å²) in [6.07, 6.45) is 4.51. The van der Waals surface area contributed by atoms with Crippen LogP contribution in [-0.2, 0) is 11.3 Å². The molecule has 0 saturated carbocycles. The van der Waals surface area contributed by atoms with E-state index in [2.05, 4.69) is 10.2 Å². The SMILES string of the molecule is COc1c(Cl)cc(C(=O)NC[C@@H]2CCN(CCn3ccn(C(C)C)c3=O)C[C@H]2OC)c2c1OCCO2. The lowest BCUT2D eigenvalue weighted by atomic mass is 9.93. The number of amides is 1. The highest BCUT2D eigenvalue weighted by atomic mass is 35.5. The molecule has 1 N–H and O–H groups in total. The summed E-state index contributed by atoms with van der Waals surface area (Å²) < 4.78 is 26.0. The first-order valence-corrected chi connectivity index (χ1v) is 12.7. The molecule has 4 rings (SSSR count). The molecule has 1 amide bonds. The van der Waals surface area contributed by atoms with Crippen LogP contribution in [0.1, 0.15) is 36.7 Å². The summed E-state index contributed by atoms with van der Waals surface area (Å²) in [5.74, 6) is 0.930. The number of benzene rings is 1. The Labute approximate surface area is 216 Å². The number of likely N-dealkylation sites (tertiary alicyclic amines) is 1. The zero-order valence-electron chi connectivity index (χ0n) is 21.3. The first-order valence-electron chi connectivity index (χ1n) is 12.3. The Morgan fingerprint density at radius 2 is 1.94 bits per heavy atom. The van der Waals surface area contributed by atoms with Crippen molar-refractivity contribution in [2.75, 3.05) is 53.6 Å². The molecule has 2 aliphatic heterocycles. The van der Waals surface area contributed by atoms with Crippen molar-refractivity contribution in [3.63, 3.8) is 0 Å². The maximum atomic E-state index is 13.1. The molecular formula is C25H35ClN4O6. The van der Waals surface area contributed by atoms with Gasteiger partial charge in [0.15, 0.2) is 11.5 Å². The Hall–Kier alpha value is -2.69. The van der Waals surface area contributed by atoms with Crippen molar-refractivity contribution in [1.82, 2.24) is 19.4 Å². The monoisotopic (exact) mass is 522 g/mol. The number of ether oxygens (including phenoxy) is 4. The molecule has 36 heavy (non-hydrogen) atoms. The number of rotatable bonds is 9. The third-order valence-electron chi connectivity index (χ3n) is 6.86. The summed E-state index contributed by atoms with van der Waals surface area (Å²) in [6.45, 7) is 8.14. The Morgan fingerprint density at radius 3 is 2.61 bits per heavy atom. The van der Waals surface area contributed by atoms with Gasteiger partial charge in [0.1, 0.15) is 13.2 Å². The number of hydrogen-bond donors (Lipinski definition) is 1. The van der Waals surface area contributed by atoms with E-state index in [0.29, 0.717) is 49.1 Å². The van der Waals surface area contributed by atoms with E-state index in [-0.39, 0.29) is 34.7 Å². The number of methoxy groups -OCH3 is 2. The van der Waals surface area contributed by atoms with Crippen molar-refractivity contribution in [1.29, 1.82) is 0 Å². The predicted molar refractivity (Wildman–Crippen MR) is 136 cm³/mol. The van der Waals surface area contributed by atoms with Crippen LogP contribution in [0.5, 0.6) is 17.2 Å². The fraction of sp³-hybridized carbons (Fsp3) is 0.600. The minimum absolute atomic E-state index is 0.0149. The third kappa shape index (κ3) is 5.50. The average molecular weight is 523 g/mol. The van der Waals surface area contributed by atoms with Gasteiger partial charge in [0.05, 0.1) is 23.8 Å². The molecule has 0 aliphatic carbocycles. The summed E-state index contributed by atoms with van der Waals surface area (Å²) in [5.41, 5.74) is 0.335. The molecule has 0 unspecified atom stereocenters. The van der Waals surface area contributed by atoms with Gasteiger partial charge < -0.3 is 24.3 Å². The van der Waals surface area contributed by atoms with E-state index in [9.17, 15) is 9.59 Å². The van der Waals surface area contributed by atoms with E-state index in [0.717, 1.165) is 26.1 Å². The molecule has 0 radical (unpaired) electrons. The number of imidazole rings is 1. The van der Waals surface area contributed by atoms with Crippen molar-refractivity contribution in [2.45, 2.75) is 39.0 Å². The van der Waals surface area contributed by atoms with E-state index < -0.39 is 0 Å². The van der Waals surface area contributed by atoms with Crippen LogP contribution in [0.4, 0.5) is 0 Å². The molecule has 2 aromatic rings. The number of nitrogens with one attached hydrogen (secondary N) is 1. The number of piperidine rings is 1. The molecule has 198 valence electrons. The lowest BCUT2D eigenvalue weighted by Gasteiger charge is -2.38. The normalized spacial score (nSPS) is 19.9. The molecule has 0 spiro atoms. The van der Waals surface area contributed by atoms with Gasteiger partial charge in [0, 0.05) is 57.6 Å². The highest BCUT2D eigenvalue weighted by Crippen LogP contribution is 2.46. The summed E-state index contributed by atoms with van der Waals surface area (Å²) in [6, 6.07) is 1.69. The number of hydrogen-bond acceptors (Lipinski definition) is 7. The van der Waals surface area contributed by atoms with Crippen molar-refractivity contribution in [3.8, 4) is 17.2 Å². The summed E-state index contributed by atoms with van der Waals surface area (Å²) in [5, 5.41) is 3.31. The molecule has 2 aliphatic rings. The molecule has 3 heterocycles. The Kier molecular flexibility index (Phi) is 8.48. The predicted octanol–water partition coefficient (Wildman–Crippen LogP) is 2.43. The van der Waals surface area contributed by atoms with Crippen LogP contribution >= 0.6 is 11.6 Å². The second-order valence-corrected chi connectivity index (χ2v) is 9.81. The van der Waals surface area contributed by atoms with Gasteiger partial charge in [-0.3, -0.25) is 18.8 Å². The lowest BCUT2D eigenvalue weighted by Crippen LogP contribution is -2.49. The zero-order chi connectivity index (χ0) is 25.8. The smallest absolute Gasteiger partial charge is 0.328 e. The highest BCUT2D eigenvalue weighted by molar-refractivity contribution is 6.33. The quantitative estimate of drug-likeness (QED) is 0.540. The number of carbonyl (C=O) groups is 1. The fourth-order valence-electron chi connectivity index (χ4n) is 4.80. The van der Waals surface area contributed by atoms with Crippen molar-refractivity contribution < 1.29 is 23.7 Å². The summed E-state index contributed by atoms with van der Waals surface area (Å²) in [4.78, 5) is 27.9. The summed E-state index contributed by atoms with van der Waals surface area (Å²) in [7, 11) is 3.19. The molecule has 1 aromatic carbocycles. The summed E-state index contributed by atoms with van der Waals surface area (Å²) >= 11 is 6.33. The van der Waals surface area contributed by atoms with Gasteiger partial charge in [0.2, 0.25) is 5.75 Å². The molecule has 1 aromatic heterocycles. The van der Waals surface area contributed by atoms with E-state index in [4.69, 9.17) is 30.5 Å². The second kappa shape index (κ2) is 11.6. The minimum Gasteiger partial charge on any atom is -0.491 e. The van der Waals surface area contributed by atoms with Gasteiger partial charge in [-0.05, 0) is 32.9 Å². The maximum absolute atomic E-state index is 13.1. The number of halogens is 1. The maximum Gasteiger partial charge on any atom is 0.328 e. The number of aromatic nitrogens is 2. The molecule has 1 fully saturated rings. The van der Waals surface area contributed by atoms with Crippen LogP contribution in [-0.4, -0.2) is 79.7 Å². The highest BCUT2D eigenvalue weighted by Gasteiger charge is 2.31. The van der Waals surface area contributed by atoms with Crippen LogP contribution < -0.4 is 25.2 Å². The van der Waals surface area contributed by atoms with Gasteiger partial charge in [-0.15, -0.1) is 0 Å². The first kappa shape index (κ1) is 26.4. The van der Waals surface area contributed by atoms with E-state index >= 15 is 0 Å². The van der Waals surface area contributed by atoms with E-state index in [1.54, 1.807) is 22.3 Å². The van der Waals surface area contributed by atoms with Gasteiger partial charge in [0.25, 0.3) is 5.91 Å². The van der Waals surface area contributed by atoms with Gasteiger partial charge in [-0.25, -0.2) is 4.79 Å². The van der Waals surface area contributed by atoms with Gasteiger partial charge >= 0.3 is 5.69 Å². The number of nitrogens with zero attached hydrogens (tertiary/aromatic N) is 3. The topological polar surface area (TPSA) is 96.2 Å². The molecular weight excluding hydrogens is 488 g/mol. The van der Waals surface area contributed by atoms with Crippen LogP contribution in [0.25, 0.3) is 0 Å². The van der Waals surface area contributed by atoms with Gasteiger partial charge in [-0.1, -0.05) is 11.6 Å². The average Bonchev–Trinajstić information content (AvgIpc) is 3.26. The third-order valence-corrected chi connectivity index (χ3v) is 7.15. The van der Waals surface area contributed by atoms with Crippen molar-refractivity contribution in [2.24, 2.45) is 5.92 Å².